The molecule has 0 unspecified atom stereocenters. The highest BCUT2D eigenvalue weighted by Crippen LogP contribution is 2.39. The van der Waals surface area contributed by atoms with Crippen LogP contribution in [0.2, 0.25) is 5.02 Å². The first-order valence-corrected chi connectivity index (χ1v) is 13.6. The number of halogens is 5. The lowest BCUT2D eigenvalue weighted by molar-refractivity contribution is 0.473. The number of nitrogens with one attached hydrogen (secondary N) is 1. The SMILES string of the molecule is O=S(=O)(Nc1cscn1)c1cc(Cl)c(Oc2cnc(-c3ccc(F)c(F)c3)cc2-c2ccnc(F)c2)cc1F. The lowest BCUT2D eigenvalue weighted by Gasteiger charge is -2.15. The number of nitrogens with zero attached hydrogens (tertiary/aromatic N) is 3. The normalized spacial score (nSPS) is 11.4. The van der Waals surface area contributed by atoms with E-state index in [0.717, 1.165) is 41.7 Å². The summed E-state index contributed by atoms with van der Waals surface area (Å²) in [5, 5.41) is 1.17. The number of hydrogen-bond donors (Lipinski definition) is 1. The van der Waals surface area contributed by atoms with Crippen molar-refractivity contribution in [2.75, 3.05) is 4.72 Å². The van der Waals surface area contributed by atoms with Gasteiger partial charge < -0.3 is 4.74 Å². The molecule has 1 N–H and O–H groups in total. The molecule has 0 bridgehead atoms. The van der Waals surface area contributed by atoms with E-state index in [-0.39, 0.29) is 44.7 Å². The van der Waals surface area contributed by atoms with Gasteiger partial charge in [0.2, 0.25) is 5.95 Å². The molecule has 39 heavy (non-hydrogen) atoms. The minimum absolute atomic E-state index is 0.0114. The second-order valence-electron chi connectivity index (χ2n) is 7.86. The zero-order valence-electron chi connectivity index (χ0n) is 19.2. The van der Waals surface area contributed by atoms with E-state index in [2.05, 4.69) is 19.7 Å². The van der Waals surface area contributed by atoms with Crippen LogP contribution in [0.15, 0.2) is 76.7 Å². The lowest BCUT2D eigenvalue weighted by atomic mass is 10.0. The second-order valence-corrected chi connectivity index (χ2v) is 10.6. The Bertz CT molecular complexity index is 1810. The van der Waals surface area contributed by atoms with Crippen LogP contribution in [0, 0.1) is 23.4 Å². The first kappa shape index (κ1) is 26.5. The van der Waals surface area contributed by atoms with E-state index in [9.17, 15) is 26.0 Å². The maximum atomic E-state index is 15.0. The number of anilines is 1. The Morgan fingerprint density at radius 1 is 0.846 bits per heavy atom. The van der Waals surface area contributed by atoms with Crippen molar-refractivity contribution in [1.29, 1.82) is 0 Å². The molecule has 7 nitrogen and oxygen atoms in total. The zero-order chi connectivity index (χ0) is 27.7. The molecule has 0 amide bonds. The molecule has 14 heteroatoms. The number of rotatable bonds is 7. The average Bonchev–Trinajstić information content (AvgIpc) is 3.40. The summed E-state index contributed by atoms with van der Waals surface area (Å²) in [5.41, 5.74) is 2.31. The first-order valence-electron chi connectivity index (χ1n) is 10.8. The van der Waals surface area contributed by atoms with Crippen LogP contribution in [0.5, 0.6) is 11.5 Å². The second kappa shape index (κ2) is 10.6. The van der Waals surface area contributed by atoms with Crippen LogP contribution in [-0.2, 0) is 10.0 Å². The summed E-state index contributed by atoms with van der Waals surface area (Å²) in [6.45, 7) is 0. The third kappa shape index (κ3) is 5.70. The molecule has 0 saturated carbocycles. The first-order chi connectivity index (χ1) is 18.6. The van der Waals surface area contributed by atoms with Gasteiger partial charge in [0.05, 0.1) is 22.4 Å². The topological polar surface area (TPSA) is 94.1 Å². The molecule has 0 atom stereocenters. The third-order valence-electron chi connectivity index (χ3n) is 5.29. The van der Waals surface area contributed by atoms with E-state index >= 15 is 0 Å². The smallest absolute Gasteiger partial charge is 0.266 e. The van der Waals surface area contributed by atoms with E-state index in [1.807, 2.05) is 0 Å². The van der Waals surface area contributed by atoms with Crippen molar-refractivity contribution in [2.45, 2.75) is 4.90 Å². The predicted octanol–water partition coefficient (Wildman–Crippen LogP) is 7.07. The van der Waals surface area contributed by atoms with E-state index in [0.29, 0.717) is 0 Å². The van der Waals surface area contributed by atoms with Crippen LogP contribution in [0.3, 0.4) is 0 Å². The molecule has 0 spiro atoms. The quantitative estimate of drug-likeness (QED) is 0.160. The van der Waals surface area contributed by atoms with Gasteiger partial charge in [-0.15, -0.1) is 11.3 Å². The largest absolute Gasteiger partial charge is 0.453 e. The number of aromatic nitrogens is 3. The van der Waals surface area contributed by atoms with E-state index in [1.54, 1.807) is 0 Å². The summed E-state index contributed by atoms with van der Waals surface area (Å²) < 4.78 is 89.4. The Labute approximate surface area is 227 Å². The van der Waals surface area contributed by atoms with Gasteiger partial charge in [-0.1, -0.05) is 11.6 Å². The minimum Gasteiger partial charge on any atom is -0.453 e. The number of sulfonamides is 1. The number of hydrogen-bond acceptors (Lipinski definition) is 7. The van der Waals surface area contributed by atoms with Gasteiger partial charge in [-0.3, -0.25) is 9.71 Å². The Morgan fingerprint density at radius 2 is 1.67 bits per heavy atom. The summed E-state index contributed by atoms with van der Waals surface area (Å²) >= 11 is 7.40. The van der Waals surface area contributed by atoms with Gasteiger partial charge in [-0.25, -0.2) is 31.6 Å². The number of thiazole rings is 1. The van der Waals surface area contributed by atoms with Crippen molar-refractivity contribution >= 4 is 38.8 Å². The van der Waals surface area contributed by atoms with Gasteiger partial charge in [-0.05, 0) is 42.0 Å². The van der Waals surface area contributed by atoms with Crippen molar-refractivity contribution in [3.05, 3.63) is 100 Å². The molecule has 198 valence electrons. The highest BCUT2D eigenvalue weighted by molar-refractivity contribution is 7.92. The van der Waals surface area contributed by atoms with Crippen LogP contribution >= 0.6 is 22.9 Å². The fourth-order valence-corrected chi connectivity index (χ4v) is 5.41. The monoisotopic (exact) mass is 592 g/mol. The van der Waals surface area contributed by atoms with Crippen LogP contribution < -0.4 is 9.46 Å². The summed E-state index contributed by atoms with van der Waals surface area (Å²) in [7, 11) is -4.36. The van der Waals surface area contributed by atoms with Gasteiger partial charge in [-0.2, -0.15) is 4.39 Å². The zero-order valence-corrected chi connectivity index (χ0v) is 21.6. The number of ether oxygens (including phenoxy) is 1. The maximum absolute atomic E-state index is 15.0. The lowest BCUT2D eigenvalue weighted by Crippen LogP contribution is -2.15. The number of pyridine rings is 2. The maximum Gasteiger partial charge on any atom is 0.266 e. The molecule has 0 radical (unpaired) electrons. The standard InChI is InChI=1S/C25H13ClF4N4O3S2/c26-16-8-23(39(35,36)34-25-11-38-12-33-25)19(29)9-21(16)37-22-10-32-20(14-1-2-17(27)18(28)5-14)7-15(22)13-3-4-31-24(30)6-13/h1-12,34H. The van der Waals surface area contributed by atoms with Crippen molar-refractivity contribution in [3.8, 4) is 33.9 Å². The number of benzene rings is 2. The van der Waals surface area contributed by atoms with Crippen LogP contribution in [0.4, 0.5) is 23.4 Å². The van der Waals surface area contributed by atoms with Crippen molar-refractivity contribution < 1.29 is 30.7 Å². The van der Waals surface area contributed by atoms with Crippen LogP contribution in [0.1, 0.15) is 0 Å². The van der Waals surface area contributed by atoms with Gasteiger partial charge in [0.15, 0.2) is 23.2 Å². The molecule has 0 aliphatic heterocycles. The summed E-state index contributed by atoms with van der Waals surface area (Å²) in [6, 6.07) is 8.82. The Hall–Kier alpha value is -4.07. The summed E-state index contributed by atoms with van der Waals surface area (Å²) in [4.78, 5) is 10.8. The van der Waals surface area contributed by atoms with Crippen molar-refractivity contribution in [2.24, 2.45) is 0 Å². The van der Waals surface area contributed by atoms with E-state index in [1.165, 1.54) is 41.5 Å². The summed E-state index contributed by atoms with van der Waals surface area (Å²) in [5.74, 6) is -4.38. The van der Waals surface area contributed by atoms with Crippen molar-refractivity contribution in [1.82, 2.24) is 15.0 Å². The Morgan fingerprint density at radius 3 is 2.38 bits per heavy atom. The molecule has 3 heterocycles. The van der Waals surface area contributed by atoms with E-state index < -0.39 is 38.3 Å². The molecule has 0 aliphatic carbocycles. The fraction of sp³-hybridized carbons (Fsp3) is 0. The third-order valence-corrected chi connectivity index (χ3v) is 7.54. The minimum atomic E-state index is -4.36. The fourth-order valence-electron chi connectivity index (χ4n) is 3.50. The average molecular weight is 593 g/mol. The molecule has 0 saturated heterocycles. The van der Waals surface area contributed by atoms with Crippen LogP contribution in [0.25, 0.3) is 22.4 Å². The molecular formula is C25H13ClF4N4O3S2. The molecule has 5 rings (SSSR count). The van der Waals surface area contributed by atoms with Gasteiger partial charge >= 0.3 is 0 Å². The van der Waals surface area contributed by atoms with Crippen molar-refractivity contribution in [3.63, 3.8) is 0 Å². The molecule has 3 aromatic heterocycles. The summed E-state index contributed by atoms with van der Waals surface area (Å²) in [6.07, 6.45) is 2.40. The van der Waals surface area contributed by atoms with Gasteiger partial charge in [0.25, 0.3) is 10.0 Å². The van der Waals surface area contributed by atoms with Crippen LogP contribution in [-0.4, -0.2) is 23.4 Å². The predicted molar refractivity (Wildman–Crippen MR) is 137 cm³/mol. The Balaban J connectivity index is 1.55. The molecule has 5 aromatic rings. The highest BCUT2D eigenvalue weighted by atomic mass is 35.5. The molecule has 0 aliphatic rings. The molecule has 2 aromatic carbocycles. The highest BCUT2D eigenvalue weighted by Gasteiger charge is 2.24. The van der Waals surface area contributed by atoms with Gasteiger partial charge in [0.1, 0.15) is 16.5 Å². The molecule has 0 fully saturated rings. The Kier molecular flexibility index (Phi) is 7.21. The molecular weight excluding hydrogens is 580 g/mol. The van der Waals surface area contributed by atoms with Gasteiger partial charge in [0, 0.05) is 34.8 Å². The van der Waals surface area contributed by atoms with E-state index in [4.69, 9.17) is 16.3 Å².